The van der Waals surface area contributed by atoms with E-state index in [4.69, 9.17) is 9.47 Å². The van der Waals surface area contributed by atoms with Gasteiger partial charge >= 0.3 is 5.97 Å². The topological polar surface area (TPSA) is 55.8 Å². The summed E-state index contributed by atoms with van der Waals surface area (Å²) < 4.78 is 10.4. The van der Waals surface area contributed by atoms with E-state index in [1.807, 2.05) is 24.3 Å². The number of phenols is 1. The van der Waals surface area contributed by atoms with E-state index in [0.717, 1.165) is 16.9 Å². The Balaban J connectivity index is 1.65. The first kappa shape index (κ1) is 17.1. The van der Waals surface area contributed by atoms with Crippen molar-refractivity contribution in [3.63, 3.8) is 0 Å². The van der Waals surface area contributed by atoms with E-state index in [-0.39, 0.29) is 5.75 Å². The largest absolute Gasteiger partial charge is 0.508 e. The van der Waals surface area contributed by atoms with Crippen LogP contribution in [0.2, 0.25) is 0 Å². The van der Waals surface area contributed by atoms with Crippen molar-refractivity contribution < 1.29 is 19.4 Å². The Morgan fingerprint density at radius 2 is 1.27 bits per heavy atom. The predicted molar refractivity (Wildman–Crippen MR) is 98.5 cm³/mol. The molecular weight excluding hydrogens is 328 g/mol. The van der Waals surface area contributed by atoms with Gasteiger partial charge in [0, 0.05) is 11.1 Å². The van der Waals surface area contributed by atoms with Crippen LogP contribution in [0.1, 0.15) is 21.5 Å². The van der Waals surface area contributed by atoms with Crippen LogP contribution in [0.4, 0.5) is 0 Å². The number of aromatic hydroxyl groups is 1. The Bertz CT molecular complexity index is 944. The van der Waals surface area contributed by atoms with Crippen molar-refractivity contribution in [3.05, 3.63) is 89.5 Å². The fourth-order valence-electron chi connectivity index (χ4n) is 2.19. The average Bonchev–Trinajstić information content (AvgIpc) is 2.68. The van der Waals surface area contributed by atoms with Crippen LogP contribution in [0.25, 0.3) is 0 Å². The normalized spacial score (nSPS) is 9.73. The summed E-state index contributed by atoms with van der Waals surface area (Å²) in [5.41, 5.74) is 2.06. The zero-order chi connectivity index (χ0) is 18.4. The molecule has 0 aliphatic carbocycles. The lowest BCUT2D eigenvalue weighted by molar-refractivity contribution is 0.0735. The molecule has 128 valence electrons. The Morgan fingerprint density at radius 3 is 1.77 bits per heavy atom. The molecule has 0 fully saturated rings. The van der Waals surface area contributed by atoms with Gasteiger partial charge in [-0.1, -0.05) is 11.8 Å². The fraction of sp³-hybridized carbons (Fsp3) is 0.0455. The number of benzene rings is 3. The zero-order valence-electron chi connectivity index (χ0n) is 14.1. The second kappa shape index (κ2) is 7.91. The van der Waals surface area contributed by atoms with Gasteiger partial charge < -0.3 is 14.6 Å². The fourth-order valence-corrected chi connectivity index (χ4v) is 2.19. The molecule has 0 heterocycles. The van der Waals surface area contributed by atoms with Crippen LogP contribution in [0, 0.1) is 11.8 Å². The second-order valence-corrected chi connectivity index (χ2v) is 5.44. The lowest BCUT2D eigenvalue weighted by Crippen LogP contribution is -2.07. The number of rotatable bonds is 3. The molecule has 3 aromatic carbocycles. The SMILES string of the molecule is COc1ccc(C#Cc2ccc(OC(=O)c3ccc(O)cc3)cc2)cc1. The van der Waals surface area contributed by atoms with Gasteiger partial charge in [-0.25, -0.2) is 4.79 Å². The van der Waals surface area contributed by atoms with Crippen LogP contribution in [0.3, 0.4) is 0 Å². The summed E-state index contributed by atoms with van der Waals surface area (Å²) in [6.45, 7) is 0. The molecule has 0 spiro atoms. The van der Waals surface area contributed by atoms with Crippen molar-refractivity contribution >= 4 is 5.97 Å². The molecule has 0 aromatic heterocycles. The molecule has 3 aromatic rings. The maximum atomic E-state index is 12.0. The number of hydrogen-bond donors (Lipinski definition) is 1. The van der Waals surface area contributed by atoms with Crippen LogP contribution in [-0.4, -0.2) is 18.2 Å². The maximum Gasteiger partial charge on any atom is 0.343 e. The number of ether oxygens (including phenoxy) is 2. The smallest absolute Gasteiger partial charge is 0.343 e. The summed E-state index contributed by atoms with van der Waals surface area (Å²) in [4.78, 5) is 12.0. The Labute approximate surface area is 151 Å². The first-order valence-corrected chi connectivity index (χ1v) is 7.91. The van der Waals surface area contributed by atoms with Gasteiger partial charge in [0.2, 0.25) is 0 Å². The van der Waals surface area contributed by atoms with Gasteiger partial charge in [-0.15, -0.1) is 0 Å². The molecule has 0 saturated heterocycles. The Morgan fingerprint density at radius 1 is 0.769 bits per heavy atom. The third kappa shape index (κ3) is 4.43. The Kier molecular flexibility index (Phi) is 5.21. The number of carbonyl (C=O) groups excluding carboxylic acids is 1. The lowest BCUT2D eigenvalue weighted by atomic mass is 10.1. The van der Waals surface area contributed by atoms with E-state index in [0.29, 0.717) is 11.3 Å². The second-order valence-electron chi connectivity index (χ2n) is 5.44. The molecule has 1 N–H and O–H groups in total. The van der Waals surface area contributed by atoms with Crippen molar-refractivity contribution in [1.29, 1.82) is 0 Å². The van der Waals surface area contributed by atoms with Gasteiger partial charge in [0.15, 0.2) is 0 Å². The summed E-state index contributed by atoms with van der Waals surface area (Å²) in [7, 11) is 1.62. The summed E-state index contributed by atoms with van der Waals surface area (Å²) in [6, 6.07) is 20.3. The Hall–Kier alpha value is -3.71. The maximum absolute atomic E-state index is 12.0. The van der Waals surface area contributed by atoms with Crippen molar-refractivity contribution in [2.24, 2.45) is 0 Å². The van der Waals surface area contributed by atoms with Gasteiger partial charge in [-0.2, -0.15) is 0 Å². The summed E-state index contributed by atoms with van der Waals surface area (Å²) in [6.07, 6.45) is 0. The van der Waals surface area contributed by atoms with E-state index < -0.39 is 5.97 Å². The average molecular weight is 344 g/mol. The van der Waals surface area contributed by atoms with Crippen molar-refractivity contribution in [2.45, 2.75) is 0 Å². The number of phenolic OH excluding ortho intramolecular Hbond substituents is 1. The molecular formula is C22H16O4. The summed E-state index contributed by atoms with van der Waals surface area (Å²) in [5.74, 6) is 6.95. The minimum Gasteiger partial charge on any atom is -0.508 e. The van der Waals surface area contributed by atoms with Crippen molar-refractivity contribution in [1.82, 2.24) is 0 Å². The quantitative estimate of drug-likeness (QED) is 0.443. The number of esters is 1. The summed E-state index contributed by atoms with van der Waals surface area (Å²) in [5, 5.41) is 9.25. The highest BCUT2D eigenvalue weighted by Gasteiger charge is 2.08. The molecule has 0 bridgehead atoms. The monoisotopic (exact) mass is 344 g/mol. The number of hydrogen-bond acceptors (Lipinski definition) is 4. The highest BCUT2D eigenvalue weighted by Crippen LogP contribution is 2.16. The van der Waals surface area contributed by atoms with E-state index in [2.05, 4.69) is 11.8 Å². The highest BCUT2D eigenvalue weighted by molar-refractivity contribution is 5.91. The molecule has 4 heteroatoms. The molecule has 3 rings (SSSR count). The molecule has 0 amide bonds. The molecule has 0 saturated carbocycles. The first-order valence-electron chi connectivity index (χ1n) is 7.91. The molecule has 0 unspecified atom stereocenters. The lowest BCUT2D eigenvalue weighted by Gasteiger charge is -2.04. The van der Waals surface area contributed by atoms with Crippen LogP contribution < -0.4 is 9.47 Å². The van der Waals surface area contributed by atoms with Crippen LogP contribution in [0.5, 0.6) is 17.2 Å². The third-order valence-corrected chi connectivity index (χ3v) is 3.61. The van der Waals surface area contributed by atoms with Gasteiger partial charge in [-0.3, -0.25) is 0 Å². The highest BCUT2D eigenvalue weighted by atomic mass is 16.5. The van der Waals surface area contributed by atoms with Crippen molar-refractivity contribution in [3.8, 4) is 29.1 Å². The van der Waals surface area contributed by atoms with E-state index in [9.17, 15) is 9.90 Å². The van der Waals surface area contributed by atoms with Crippen LogP contribution >= 0.6 is 0 Å². The summed E-state index contributed by atoms with van der Waals surface area (Å²) >= 11 is 0. The first-order chi connectivity index (χ1) is 12.6. The van der Waals surface area contributed by atoms with E-state index >= 15 is 0 Å². The van der Waals surface area contributed by atoms with Gasteiger partial charge in [0.05, 0.1) is 12.7 Å². The predicted octanol–water partition coefficient (Wildman–Crippen LogP) is 4.02. The van der Waals surface area contributed by atoms with Crippen molar-refractivity contribution in [2.75, 3.05) is 7.11 Å². The van der Waals surface area contributed by atoms with E-state index in [1.165, 1.54) is 24.3 Å². The zero-order valence-corrected chi connectivity index (χ0v) is 14.1. The standard InChI is InChI=1S/C22H16O4/c1-25-20-12-4-16(5-13-20)2-3-17-6-14-21(15-7-17)26-22(24)18-8-10-19(23)11-9-18/h4-15,23H,1H3. The molecule has 0 atom stereocenters. The minimum atomic E-state index is -0.484. The molecule has 26 heavy (non-hydrogen) atoms. The van der Waals surface area contributed by atoms with Crippen LogP contribution in [-0.2, 0) is 0 Å². The minimum absolute atomic E-state index is 0.0985. The van der Waals surface area contributed by atoms with Gasteiger partial charge in [0.25, 0.3) is 0 Å². The third-order valence-electron chi connectivity index (χ3n) is 3.61. The van der Waals surface area contributed by atoms with E-state index in [1.54, 1.807) is 31.4 Å². The molecule has 4 nitrogen and oxygen atoms in total. The van der Waals surface area contributed by atoms with Gasteiger partial charge in [0.1, 0.15) is 17.2 Å². The molecule has 0 aliphatic rings. The number of methoxy groups -OCH3 is 1. The van der Waals surface area contributed by atoms with Gasteiger partial charge in [-0.05, 0) is 72.8 Å². The molecule has 0 radical (unpaired) electrons. The van der Waals surface area contributed by atoms with Crippen LogP contribution in [0.15, 0.2) is 72.8 Å². The number of carbonyl (C=O) groups is 1. The molecule has 0 aliphatic heterocycles.